The molecule has 9 heavy (non-hydrogen) atoms. The molecule has 0 aromatic carbocycles. The fraction of sp³-hybridized carbons (Fsp3) is 0. The minimum Gasteiger partial charge on any atom is -0.321 e. The lowest BCUT2D eigenvalue weighted by Gasteiger charge is -1.72. The van der Waals surface area contributed by atoms with Gasteiger partial charge in [0.1, 0.15) is 0 Å². The monoisotopic (exact) mass is 192 g/mol. The average Bonchev–Trinajstić information content (AvgIpc) is 1.25. The Labute approximate surface area is 72.7 Å². The smallest absolute Gasteiger partial charge is 0.282 e. The largest absolute Gasteiger partial charge is 0.321 e. The van der Waals surface area contributed by atoms with Crippen LogP contribution in [0.15, 0.2) is 0 Å². The summed E-state index contributed by atoms with van der Waals surface area (Å²) in [6, 6.07) is 0. The first-order chi connectivity index (χ1) is 3.46. The molecule has 6 nitrogen and oxygen atoms in total. The van der Waals surface area contributed by atoms with Gasteiger partial charge in [0.15, 0.2) is 0 Å². The molecule has 9 heteroatoms. The quantitative estimate of drug-likeness (QED) is 0.368. The number of rotatable bonds is 0. The Balaban J connectivity index is -0.0000000720. The summed E-state index contributed by atoms with van der Waals surface area (Å²) >= 11 is 0. The third kappa shape index (κ3) is 376. The van der Waals surface area contributed by atoms with Gasteiger partial charge in [0.25, 0.3) is 21.6 Å². The topological polar surface area (TPSA) is 133 Å². The molecule has 0 aliphatic rings. The van der Waals surface area contributed by atoms with E-state index >= 15 is 0 Å². The van der Waals surface area contributed by atoms with Crippen molar-refractivity contribution in [3.05, 3.63) is 0 Å². The van der Waals surface area contributed by atoms with Crippen molar-refractivity contribution in [3.63, 3.8) is 0 Å². The third-order valence-electron chi connectivity index (χ3n) is 0. The molecule has 0 aliphatic heterocycles. The normalized spacial score (nSPS) is 8.00. The second-order valence-electron chi connectivity index (χ2n) is 0.402. The molecule has 54 valence electrons. The number of hydrogen-bond acceptors (Lipinski definition) is 6. The molecule has 2 radical (unpaired) electrons. The molecular formula is H2Cl2MgO6. The summed E-state index contributed by atoms with van der Waals surface area (Å²) < 4.78 is 47.9. The van der Waals surface area contributed by atoms with E-state index in [9.17, 15) is 0 Å². The zero-order chi connectivity index (χ0) is 7.15. The van der Waals surface area contributed by atoms with E-state index in [0.29, 0.717) is 0 Å². The second kappa shape index (κ2) is 11.8. The highest BCUT2D eigenvalue weighted by atomic mass is 35.6. The van der Waals surface area contributed by atoms with Crippen LogP contribution >= 0.6 is 0 Å². The standard InChI is InChI=1S/2ClHO3.Mg/c2*2-1(3)4;/h2*2H;. The van der Waals surface area contributed by atoms with Crippen LogP contribution in [0.4, 0.5) is 0 Å². The lowest BCUT2D eigenvalue weighted by atomic mass is 15.8. The van der Waals surface area contributed by atoms with Crippen molar-refractivity contribution in [2.45, 2.75) is 0 Å². The summed E-state index contributed by atoms with van der Waals surface area (Å²) in [7, 11) is -5.20. The lowest BCUT2D eigenvalue weighted by molar-refractivity contribution is -1.63. The van der Waals surface area contributed by atoms with Gasteiger partial charge in [0, 0.05) is 32.4 Å². The van der Waals surface area contributed by atoms with Gasteiger partial charge in [-0.15, -0.1) is 0 Å². The minimum atomic E-state index is -2.60. The predicted octanol–water partition coefficient (Wildman–Crippen LogP) is -6.25. The van der Waals surface area contributed by atoms with Gasteiger partial charge >= 0.3 is 0 Å². The van der Waals surface area contributed by atoms with Crippen LogP contribution in [0.2, 0.25) is 0 Å². The van der Waals surface area contributed by atoms with Gasteiger partial charge in [-0.1, -0.05) is 0 Å². The molecule has 0 amide bonds. The lowest BCUT2D eigenvalue weighted by Crippen LogP contribution is -2.30. The van der Waals surface area contributed by atoms with E-state index in [1.807, 2.05) is 0 Å². The molecule has 0 atom stereocenters. The van der Waals surface area contributed by atoms with Gasteiger partial charge in [-0.05, 0) is 0 Å². The maximum atomic E-state index is 8.52. The SMILES string of the molecule is [Mg].[O-][Cl+2]([O-])O.[O-][Cl+2]([O-])O. The highest BCUT2D eigenvalue weighted by Gasteiger charge is 1.79. The summed E-state index contributed by atoms with van der Waals surface area (Å²) in [4.78, 5) is 0. The van der Waals surface area contributed by atoms with Crippen molar-refractivity contribution in [1.29, 1.82) is 0 Å². The first-order valence-electron chi connectivity index (χ1n) is 0.955. The highest BCUT2D eigenvalue weighted by Crippen LogP contribution is 1.38. The van der Waals surface area contributed by atoms with Crippen LogP contribution in [0.3, 0.4) is 0 Å². The zero-order valence-corrected chi connectivity index (χ0v) is 6.92. The summed E-state index contributed by atoms with van der Waals surface area (Å²) in [6.07, 6.45) is 0. The Morgan fingerprint density at radius 3 is 0.778 bits per heavy atom. The maximum Gasteiger partial charge on any atom is 0.282 e. The molecule has 0 heterocycles. The fourth-order valence-corrected chi connectivity index (χ4v) is 0. The number of hydrogen-bond donors (Lipinski definition) is 2. The molecule has 0 fully saturated rings. The fourth-order valence-electron chi connectivity index (χ4n) is 0. The second-order valence-corrected chi connectivity index (χ2v) is 1.21. The summed E-state index contributed by atoms with van der Waals surface area (Å²) in [6.45, 7) is 0. The van der Waals surface area contributed by atoms with Crippen molar-refractivity contribution in [3.8, 4) is 0 Å². The molecular weight excluding hydrogens is 191 g/mol. The van der Waals surface area contributed by atoms with Crippen molar-refractivity contribution in [1.82, 2.24) is 0 Å². The van der Waals surface area contributed by atoms with Crippen LogP contribution < -0.4 is 18.6 Å². The van der Waals surface area contributed by atoms with Crippen LogP contribution in [-0.4, -0.2) is 32.4 Å². The Bertz CT molecular complexity index is 26.5. The van der Waals surface area contributed by atoms with Crippen LogP contribution in [0, 0.1) is 21.6 Å². The van der Waals surface area contributed by atoms with E-state index in [-0.39, 0.29) is 23.1 Å². The van der Waals surface area contributed by atoms with E-state index in [4.69, 9.17) is 28.0 Å². The van der Waals surface area contributed by atoms with Crippen molar-refractivity contribution >= 4 is 23.1 Å². The molecule has 0 saturated carbocycles. The van der Waals surface area contributed by atoms with Crippen LogP contribution in [0.25, 0.3) is 0 Å². The molecule has 0 saturated heterocycles. The maximum absolute atomic E-state index is 8.52. The van der Waals surface area contributed by atoms with Crippen molar-refractivity contribution < 1.29 is 49.5 Å². The molecule has 0 rings (SSSR count). The van der Waals surface area contributed by atoms with Gasteiger partial charge in [-0.3, -0.25) is 0 Å². The van der Waals surface area contributed by atoms with E-state index < -0.39 is 21.6 Å². The van der Waals surface area contributed by atoms with Crippen molar-refractivity contribution in [2.75, 3.05) is 0 Å². The van der Waals surface area contributed by atoms with Crippen LogP contribution in [0.5, 0.6) is 0 Å². The van der Waals surface area contributed by atoms with E-state index in [0.717, 1.165) is 0 Å². The Morgan fingerprint density at radius 2 is 0.778 bits per heavy atom. The molecule has 0 spiro atoms. The van der Waals surface area contributed by atoms with Crippen molar-refractivity contribution in [2.24, 2.45) is 0 Å². The Kier molecular flexibility index (Phi) is 21.8. The first-order valence-corrected chi connectivity index (χ1v) is 2.87. The Hall–Kier alpha value is 1.11. The van der Waals surface area contributed by atoms with Gasteiger partial charge in [0.05, 0.1) is 0 Å². The molecule has 0 bridgehead atoms. The molecule has 0 unspecified atom stereocenters. The molecule has 0 aliphatic carbocycles. The van der Waals surface area contributed by atoms with E-state index in [2.05, 4.69) is 0 Å². The summed E-state index contributed by atoms with van der Waals surface area (Å²) in [5, 5.41) is 0. The first kappa shape index (κ1) is 16.6. The third-order valence-corrected chi connectivity index (χ3v) is 0. The summed E-state index contributed by atoms with van der Waals surface area (Å²) in [5.74, 6) is 0. The van der Waals surface area contributed by atoms with Gasteiger partial charge < -0.3 is 18.6 Å². The van der Waals surface area contributed by atoms with Gasteiger partial charge in [0.2, 0.25) is 0 Å². The van der Waals surface area contributed by atoms with E-state index in [1.165, 1.54) is 0 Å². The molecule has 2 N–H and O–H groups in total. The Morgan fingerprint density at radius 1 is 0.778 bits per heavy atom. The van der Waals surface area contributed by atoms with E-state index in [1.54, 1.807) is 0 Å². The summed E-state index contributed by atoms with van der Waals surface area (Å²) in [5.41, 5.74) is 0. The van der Waals surface area contributed by atoms with Gasteiger partial charge in [-0.25, -0.2) is 0 Å². The van der Waals surface area contributed by atoms with Crippen LogP contribution in [0.1, 0.15) is 0 Å². The zero-order valence-electron chi connectivity index (χ0n) is 3.99. The predicted molar refractivity (Wildman–Crippen MR) is 10.2 cm³/mol. The molecule has 0 aromatic heterocycles. The highest BCUT2D eigenvalue weighted by molar-refractivity contribution is 5.75. The minimum absolute atomic E-state index is 0. The van der Waals surface area contributed by atoms with Crippen LogP contribution in [-0.2, 0) is 0 Å². The molecule has 0 aromatic rings. The average molecular weight is 193 g/mol. The van der Waals surface area contributed by atoms with Gasteiger partial charge in [-0.2, -0.15) is 0 Å². The number of halogens is 2.